The summed E-state index contributed by atoms with van der Waals surface area (Å²) in [5.74, 6) is -0.00614. The zero-order valence-electron chi connectivity index (χ0n) is 13.2. The van der Waals surface area contributed by atoms with Gasteiger partial charge in [-0.05, 0) is 18.6 Å². The molecular formula is C16H19ClN2O4. The van der Waals surface area contributed by atoms with E-state index in [0.717, 1.165) is 5.56 Å². The van der Waals surface area contributed by atoms with E-state index in [1.54, 1.807) is 12.1 Å². The number of anilines is 1. The first kappa shape index (κ1) is 16.2. The second-order valence-electron chi connectivity index (χ2n) is 5.71. The van der Waals surface area contributed by atoms with Crippen LogP contribution in [0.25, 0.3) is 0 Å². The van der Waals surface area contributed by atoms with Crippen LogP contribution in [-0.4, -0.2) is 56.2 Å². The molecule has 2 fully saturated rings. The van der Waals surface area contributed by atoms with Crippen molar-refractivity contribution in [3.05, 3.63) is 22.7 Å². The molecule has 2 aliphatic rings. The van der Waals surface area contributed by atoms with E-state index in [1.807, 2.05) is 11.8 Å². The van der Waals surface area contributed by atoms with E-state index in [0.29, 0.717) is 42.8 Å². The predicted octanol–water partition coefficient (Wildman–Crippen LogP) is 1.62. The third-order valence-electron chi connectivity index (χ3n) is 4.31. The normalized spacial score (nSPS) is 22.7. The highest BCUT2D eigenvalue weighted by Crippen LogP contribution is 2.37. The minimum absolute atomic E-state index is 0.184. The average Bonchev–Trinajstić information content (AvgIpc) is 2.85. The molecule has 1 atom stereocenters. The number of hydrogen-bond acceptors (Lipinski definition) is 5. The number of morpholine rings is 1. The van der Waals surface area contributed by atoms with Crippen molar-refractivity contribution in [3.8, 4) is 5.75 Å². The number of methoxy groups -OCH3 is 1. The number of benzene rings is 1. The second kappa shape index (κ2) is 6.47. The quantitative estimate of drug-likeness (QED) is 0.784. The van der Waals surface area contributed by atoms with Gasteiger partial charge in [0, 0.05) is 24.2 Å². The molecule has 0 unspecified atom stereocenters. The summed E-state index contributed by atoms with van der Waals surface area (Å²) in [6.07, 6.45) is 0.184. The Morgan fingerprint density at radius 3 is 2.61 bits per heavy atom. The predicted molar refractivity (Wildman–Crippen MR) is 86.0 cm³/mol. The Labute approximate surface area is 139 Å². The lowest BCUT2D eigenvalue weighted by molar-refractivity contribution is -0.123. The van der Waals surface area contributed by atoms with Crippen molar-refractivity contribution in [3.63, 3.8) is 0 Å². The van der Waals surface area contributed by atoms with Crippen molar-refractivity contribution >= 4 is 29.1 Å². The Bertz CT molecular complexity index is 643. The molecule has 2 amide bonds. The molecule has 2 aliphatic heterocycles. The van der Waals surface area contributed by atoms with Gasteiger partial charge in [-0.2, -0.15) is 0 Å². The number of nitrogens with zero attached hydrogens (tertiary/aromatic N) is 2. The maximum atomic E-state index is 12.8. The largest absolute Gasteiger partial charge is 0.495 e. The fourth-order valence-corrected chi connectivity index (χ4v) is 3.18. The molecule has 1 aromatic rings. The van der Waals surface area contributed by atoms with Crippen LogP contribution < -0.4 is 9.64 Å². The van der Waals surface area contributed by atoms with E-state index in [4.69, 9.17) is 21.1 Å². The minimum Gasteiger partial charge on any atom is -0.495 e. The highest BCUT2D eigenvalue weighted by Gasteiger charge is 2.44. The molecule has 1 aromatic carbocycles. The van der Waals surface area contributed by atoms with Gasteiger partial charge in [0.2, 0.25) is 5.91 Å². The first-order valence-electron chi connectivity index (χ1n) is 7.55. The van der Waals surface area contributed by atoms with Gasteiger partial charge in [-0.15, -0.1) is 0 Å². The first-order valence-corrected chi connectivity index (χ1v) is 7.93. The second-order valence-corrected chi connectivity index (χ2v) is 6.12. The lowest BCUT2D eigenvalue weighted by Crippen LogP contribution is -2.47. The Hall–Kier alpha value is -1.63. The number of imide groups is 1. The number of carbonyl (C=O) groups is 2. The van der Waals surface area contributed by atoms with Gasteiger partial charge in [-0.1, -0.05) is 11.6 Å². The SMILES string of the molecule is COc1cc(Cl)c(C)cc1N1C(=O)C[C@H](N2CCOCC2)C1=O. The van der Waals surface area contributed by atoms with Gasteiger partial charge in [-0.25, -0.2) is 4.90 Å². The van der Waals surface area contributed by atoms with Crippen LogP contribution in [0.2, 0.25) is 5.02 Å². The topological polar surface area (TPSA) is 59.1 Å². The molecule has 0 saturated carbocycles. The van der Waals surface area contributed by atoms with Crippen molar-refractivity contribution in [2.24, 2.45) is 0 Å². The highest BCUT2D eigenvalue weighted by atomic mass is 35.5. The van der Waals surface area contributed by atoms with Crippen molar-refractivity contribution in [2.45, 2.75) is 19.4 Å². The standard InChI is InChI=1S/C16H19ClN2O4/c1-10-7-12(14(22-2)8-11(10)17)19-15(20)9-13(16(19)21)18-3-5-23-6-4-18/h7-8,13H,3-6,9H2,1-2H3/t13-/m0/s1. The number of amides is 2. The van der Waals surface area contributed by atoms with Gasteiger partial charge in [0.1, 0.15) is 5.75 Å². The molecule has 0 N–H and O–H groups in total. The summed E-state index contributed by atoms with van der Waals surface area (Å²) in [7, 11) is 1.50. The summed E-state index contributed by atoms with van der Waals surface area (Å²) in [6, 6.07) is 2.93. The summed E-state index contributed by atoms with van der Waals surface area (Å²) >= 11 is 6.10. The van der Waals surface area contributed by atoms with Gasteiger partial charge >= 0.3 is 0 Å². The molecule has 23 heavy (non-hydrogen) atoms. The van der Waals surface area contributed by atoms with Crippen LogP contribution in [0.15, 0.2) is 12.1 Å². The number of ether oxygens (including phenoxy) is 2. The summed E-state index contributed by atoms with van der Waals surface area (Å²) in [5, 5.41) is 0.537. The molecule has 2 saturated heterocycles. The van der Waals surface area contributed by atoms with E-state index in [9.17, 15) is 9.59 Å². The lowest BCUT2D eigenvalue weighted by Gasteiger charge is -2.30. The number of carbonyl (C=O) groups excluding carboxylic acids is 2. The van der Waals surface area contributed by atoms with Crippen LogP contribution in [0.1, 0.15) is 12.0 Å². The molecular weight excluding hydrogens is 320 g/mol. The van der Waals surface area contributed by atoms with Crippen LogP contribution in [0.5, 0.6) is 5.75 Å². The molecule has 0 bridgehead atoms. The zero-order valence-corrected chi connectivity index (χ0v) is 13.9. The maximum Gasteiger partial charge on any atom is 0.251 e. The van der Waals surface area contributed by atoms with E-state index in [-0.39, 0.29) is 18.2 Å². The molecule has 0 aromatic heterocycles. The number of hydrogen-bond donors (Lipinski definition) is 0. The van der Waals surface area contributed by atoms with Crippen LogP contribution in [0.4, 0.5) is 5.69 Å². The van der Waals surface area contributed by atoms with E-state index >= 15 is 0 Å². The monoisotopic (exact) mass is 338 g/mol. The van der Waals surface area contributed by atoms with Crippen molar-refractivity contribution < 1.29 is 19.1 Å². The summed E-state index contributed by atoms with van der Waals surface area (Å²) in [5.41, 5.74) is 1.25. The third kappa shape index (κ3) is 2.94. The summed E-state index contributed by atoms with van der Waals surface area (Å²) < 4.78 is 10.6. The number of halogens is 1. The van der Waals surface area contributed by atoms with E-state index in [2.05, 4.69) is 0 Å². The zero-order chi connectivity index (χ0) is 16.6. The first-order chi connectivity index (χ1) is 11.0. The molecule has 0 radical (unpaired) electrons. The summed E-state index contributed by atoms with van der Waals surface area (Å²) in [6.45, 7) is 4.32. The van der Waals surface area contributed by atoms with Crippen molar-refractivity contribution in [2.75, 3.05) is 38.3 Å². The Balaban J connectivity index is 1.92. The van der Waals surface area contributed by atoms with Crippen LogP contribution in [-0.2, 0) is 14.3 Å². The van der Waals surface area contributed by atoms with Crippen LogP contribution >= 0.6 is 11.6 Å². The maximum absolute atomic E-state index is 12.8. The lowest BCUT2D eigenvalue weighted by atomic mass is 10.2. The number of rotatable bonds is 3. The highest BCUT2D eigenvalue weighted by molar-refractivity contribution is 6.32. The fourth-order valence-electron chi connectivity index (χ4n) is 3.03. The smallest absolute Gasteiger partial charge is 0.251 e. The molecule has 6 nitrogen and oxygen atoms in total. The number of aryl methyl sites for hydroxylation is 1. The van der Waals surface area contributed by atoms with Gasteiger partial charge < -0.3 is 9.47 Å². The van der Waals surface area contributed by atoms with E-state index in [1.165, 1.54) is 12.0 Å². The van der Waals surface area contributed by atoms with Gasteiger partial charge in [0.25, 0.3) is 5.91 Å². The third-order valence-corrected chi connectivity index (χ3v) is 4.72. The molecule has 7 heteroatoms. The molecule has 0 aliphatic carbocycles. The Kier molecular flexibility index (Phi) is 4.57. The van der Waals surface area contributed by atoms with Crippen LogP contribution in [0.3, 0.4) is 0 Å². The van der Waals surface area contributed by atoms with Gasteiger partial charge in [0.05, 0.1) is 38.5 Å². The van der Waals surface area contributed by atoms with E-state index < -0.39 is 6.04 Å². The van der Waals surface area contributed by atoms with Gasteiger partial charge in [-0.3, -0.25) is 14.5 Å². The van der Waals surface area contributed by atoms with Crippen molar-refractivity contribution in [1.82, 2.24) is 4.90 Å². The summed E-state index contributed by atoms with van der Waals surface area (Å²) in [4.78, 5) is 28.5. The minimum atomic E-state index is -0.424. The molecule has 0 spiro atoms. The van der Waals surface area contributed by atoms with Gasteiger partial charge in [0.15, 0.2) is 0 Å². The average molecular weight is 339 g/mol. The molecule has 3 rings (SSSR count). The molecule has 2 heterocycles. The van der Waals surface area contributed by atoms with Crippen molar-refractivity contribution in [1.29, 1.82) is 0 Å². The fraction of sp³-hybridized carbons (Fsp3) is 0.500. The Morgan fingerprint density at radius 2 is 1.96 bits per heavy atom. The Morgan fingerprint density at radius 1 is 1.26 bits per heavy atom. The van der Waals surface area contributed by atoms with Crippen LogP contribution in [0, 0.1) is 6.92 Å². The molecule has 124 valence electrons.